The van der Waals surface area contributed by atoms with Crippen LogP contribution in [0.25, 0.3) is 0 Å². The third-order valence-electron chi connectivity index (χ3n) is 4.13. The second-order valence-electron chi connectivity index (χ2n) is 6.41. The summed E-state index contributed by atoms with van der Waals surface area (Å²) in [6, 6.07) is 6.56. The van der Waals surface area contributed by atoms with Gasteiger partial charge in [-0.25, -0.2) is 0 Å². The van der Waals surface area contributed by atoms with Crippen molar-refractivity contribution in [2.75, 3.05) is 31.1 Å². The average Bonchev–Trinajstić information content (AvgIpc) is 2.48. The van der Waals surface area contributed by atoms with Crippen LogP contribution in [0.2, 0.25) is 0 Å². The van der Waals surface area contributed by atoms with Gasteiger partial charge >= 0.3 is 0 Å². The van der Waals surface area contributed by atoms with Crippen LogP contribution in [0.5, 0.6) is 0 Å². The molecule has 118 valence electrons. The standard InChI is InChI=1S/C17H27BrN2O/c1-13(2)10-19-11-15-3-4-16(18)9-17(15)20-7-5-14(12-21)6-8-20/h3-4,9,13-14,19,21H,5-8,10-12H2,1-2H3. The third kappa shape index (κ3) is 4.97. The number of aliphatic hydroxyl groups excluding tert-OH is 1. The van der Waals surface area contributed by atoms with E-state index in [2.05, 4.69) is 58.2 Å². The highest BCUT2D eigenvalue weighted by Crippen LogP contribution is 2.29. The lowest BCUT2D eigenvalue weighted by atomic mass is 9.97. The van der Waals surface area contributed by atoms with Crippen LogP contribution >= 0.6 is 15.9 Å². The molecule has 1 aromatic carbocycles. The maximum Gasteiger partial charge on any atom is 0.0460 e. The minimum Gasteiger partial charge on any atom is -0.396 e. The highest BCUT2D eigenvalue weighted by molar-refractivity contribution is 9.10. The van der Waals surface area contributed by atoms with E-state index in [4.69, 9.17) is 0 Å². The van der Waals surface area contributed by atoms with Crippen molar-refractivity contribution in [3.63, 3.8) is 0 Å². The van der Waals surface area contributed by atoms with Crippen LogP contribution in [0.15, 0.2) is 22.7 Å². The van der Waals surface area contributed by atoms with Gasteiger partial charge in [0.15, 0.2) is 0 Å². The summed E-state index contributed by atoms with van der Waals surface area (Å²) in [6.45, 7) is 8.83. The van der Waals surface area contributed by atoms with Gasteiger partial charge in [-0.2, -0.15) is 0 Å². The van der Waals surface area contributed by atoms with Crippen molar-refractivity contribution in [1.29, 1.82) is 0 Å². The first kappa shape index (κ1) is 16.8. The van der Waals surface area contributed by atoms with Crippen molar-refractivity contribution in [1.82, 2.24) is 5.32 Å². The smallest absolute Gasteiger partial charge is 0.0460 e. The summed E-state index contributed by atoms with van der Waals surface area (Å²) >= 11 is 3.59. The molecule has 0 amide bonds. The van der Waals surface area contributed by atoms with E-state index in [9.17, 15) is 5.11 Å². The third-order valence-corrected chi connectivity index (χ3v) is 4.62. The second kappa shape index (κ2) is 8.16. The monoisotopic (exact) mass is 354 g/mol. The maximum absolute atomic E-state index is 9.28. The molecule has 0 unspecified atom stereocenters. The Kier molecular flexibility index (Phi) is 6.52. The SMILES string of the molecule is CC(C)CNCc1ccc(Br)cc1N1CCC(CO)CC1. The topological polar surface area (TPSA) is 35.5 Å². The Morgan fingerprint density at radius 2 is 2.05 bits per heavy atom. The molecule has 1 saturated heterocycles. The molecule has 1 aliphatic rings. The van der Waals surface area contributed by atoms with Gasteiger partial charge in [-0.05, 0) is 48.9 Å². The summed E-state index contributed by atoms with van der Waals surface area (Å²) in [4.78, 5) is 2.46. The molecule has 0 aliphatic carbocycles. The van der Waals surface area contributed by atoms with Gasteiger partial charge in [0.25, 0.3) is 0 Å². The van der Waals surface area contributed by atoms with Crippen molar-refractivity contribution >= 4 is 21.6 Å². The molecule has 0 saturated carbocycles. The molecular weight excluding hydrogens is 328 g/mol. The molecule has 1 aliphatic heterocycles. The highest BCUT2D eigenvalue weighted by atomic mass is 79.9. The van der Waals surface area contributed by atoms with Gasteiger partial charge in [-0.15, -0.1) is 0 Å². The molecule has 0 spiro atoms. The van der Waals surface area contributed by atoms with Crippen LogP contribution in [0, 0.1) is 11.8 Å². The molecule has 1 heterocycles. The number of hydrogen-bond donors (Lipinski definition) is 2. The number of hydrogen-bond acceptors (Lipinski definition) is 3. The van der Waals surface area contributed by atoms with Crippen LogP contribution in [0.1, 0.15) is 32.3 Å². The van der Waals surface area contributed by atoms with Crippen LogP contribution in [-0.2, 0) is 6.54 Å². The highest BCUT2D eigenvalue weighted by Gasteiger charge is 2.20. The summed E-state index contributed by atoms with van der Waals surface area (Å²) in [5, 5.41) is 12.8. The average molecular weight is 355 g/mol. The Morgan fingerprint density at radius 1 is 1.33 bits per heavy atom. The van der Waals surface area contributed by atoms with E-state index < -0.39 is 0 Å². The zero-order chi connectivity index (χ0) is 15.2. The number of halogens is 1. The van der Waals surface area contributed by atoms with Gasteiger partial charge in [0.05, 0.1) is 0 Å². The summed E-state index contributed by atoms with van der Waals surface area (Å²) in [5.74, 6) is 1.15. The molecular formula is C17H27BrN2O. The zero-order valence-corrected chi connectivity index (χ0v) is 14.7. The molecule has 1 aromatic rings. The summed E-state index contributed by atoms with van der Waals surface area (Å²) in [7, 11) is 0. The zero-order valence-electron chi connectivity index (χ0n) is 13.1. The van der Waals surface area contributed by atoms with Gasteiger partial charge in [0, 0.05) is 36.4 Å². The largest absolute Gasteiger partial charge is 0.396 e. The molecule has 0 atom stereocenters. The number of nitrogens with zero attached hydrogens (tertiary/aromatic N) is 1. The van der Waals surface area contributed by atoms with E-state index in [1.807, 2.05) is 0 Å². The van der Waals surface area contributed by atoms with E-state index in [-0.39, 0.29) is 0 Å². The van der Waals surface area contributed by atoms with Gasteiger partial charge in [-0.1, -0.05) is 35.8 Å². The lowest BCUT2D eigenvalue weighted by molar-refractivity contribution is 0.203. The van der Waals surface area contributed by atoms with E-state index in [0.717, 1.165) is 43.5 Å². The van der Waals surface area contributed by atoms with Gasteiger partial charge in [-0.3, -0.25) is 0 Å². The predicted octanol–water partition coefficient (Wildman–Crippen LogP) is 3.40. The van der Waals surface area contributed by atoms with E-state index in [0.29, 0.717) is 18.4 Å². The Hall–Kier alpha value is -0.580. The molecule has 0 radical (unpaired) electrons. The van der Waals surface area contributed by atoms with Crippen molar-refractivity contribution in [2.24, 2.45) is 11.8 Å². The Labute approximate surface area is 136 Å². The summed E-state index contributed by atoms with van der Waals surface area (Å²) in [6.07, 6.45) is 2.17. The number of benzene rings is 1. The molecule has 2 N–H and O–H groups in total. The fraction of sp³-hybridized carbons (Fsp3) is 0.647. The molecule has 3 nitrogen and oxygen atoms in total. The summed E-state index contributed by atoms with van der Waals surface area (Å²) in [5.41, 5.74) is 2.69. The van der Waals surface area contributed by atoms with Gasteiger partial charge in [0.1, 0.15) is 0 Å². The number of piperidine rings is 1. The number of aliphatic hydroxyl groups is 1. The lowest BCUT2D eigenvalue weighted by Crippen LogP contribution is -2.35. The van der Waals surface area contributed by atoms with Crippen LogP contribution in [0.4, 0.5) is 5.69 Å². The van der Waals surface area contributed by atoms with E-state index >= 15 is 0 Å². The van der Waals surface area contributed by atoms with E-state index in [1.165, 1.54) is 11.3 Å². The predicted molar refractivity (Wildman–Crippen MR) is 92.7 cm³/mol. The van der Waals surface area contributed by atoms with Crippen molar-refractivity contribution in [3.05, 3.63) is 28.2 Å². The lowest BCUT2D eigenvalue weighted by Gasteiger charge is -2.34. The molecule has 21 heavy (non-hydrogen) atoms. The maximum atomic E-state index is 9.28. The Morgan fingerprint density at radius 3 is 2.67 bits per heavy atom. The number of nitrogens with one attached hydrogen (secondary N) is 1. The first-order valence-corrected chi connectivity index (χ1v) is 8.74. The fourth-order valence-corrected chi connectivity index (χ4v) is 3.18. The van der Waals surface area contributed by atoms with Gasteiger partial charge < -0.3 is 15.3 Å². The minimum atomic E-state index is 0.328. The Balaban J connectivity index is 2.04. The molecule has 4 heteroatoms. The normalized spacial score (nSPS) is 16.7. The molecule has 0 aromatic heterocycles. The fourth-order valence-electron chi connectivity index (χ4n) is 2.83. The van der Waals surface area contributed by atoms with Gasteiger partial charge in [0.2, 0.25) is 0 Å². The van der Waals surface area contributed by atoms with Crippen LogP contribution in [0.3, 0.4) is 0 Å². The van der Waals surface area contributed by atoms with Crippen LogP contribution < -0.4 is 10.2 Å². The number of rotatable bonds is 6. The number of anilines is 1. The molecule has 2 rings (SSSR count). The van der Waals surface area contributed by atoms with Crippen molar-refractivity contribution < 1.29 is 5.11 Å². The summed E-state index contributed by atoms with van der Waals surface area (Å²) < 4.78 is 1.13. The molecule has 0 bridgehead atoms. The molecule has 1 fully saturated rings. The second-order valence-corrected chi connectivity index (χ2v) is 7.33. The van der Waals surface area contributed by atoms with Crippen molar-refractivity contribution in [2.45, 2.75) is 33.2 Å². The minimum absolute atomic E-state index is 0.328. The quantitative estimate of drug-likeness (QED) is 0.821. The first-order chi connectivity index (χ1) is 10.1. The Bertz CT molecular complexity index is 442. The van der Waals surface area contributed by atoms with E-state index in [1.54, 1.807) is 0 Å². The van der Waals surface area contributed by atoms with Crippen LogP contribution in [-0.4, -0.2) is 31.3 Å². The van der Waals surface area contributed by atoms with Crippen molar-refractivity contribution in [3.8, 4) is 0 Å². The first-order valence-electron chi connectivity index (χ1n) is 7.95.